The number of nitrogens with one attached hydrogen (secondary N) is 1. The van der Waals surface area contributed by atoms with Crippen LogP contribution in [0.15, 0.2) is 38.0 Å². The van der Waals surface area contributed by atoms with Gasteiger partial charge < -0.3 is 14.3 Å². The summed E-state index contributed by atoms with van der Waals surface area (Å²) in [6.45, 7) is 5.37. The molecule has 0 saturated heterocycles. The number of aryl methyl sites for hydroxylation is 2. The Bertz CT molecular complexity index is 958. The Hall–Kier alpha value is -2.96. The molecule has 1 N–H and O–H groups in total. The zero-order valence-electron chi connectivity index (χ0n) is 13.6. The first kappa shape index (κ1) is 15.9. The van der Waals surface area contributed by atoms with Crippen molar-refractivity contribution in [2.45, 2.75) is 33.2 Å². The summed E-state index contributed by atoms with van der Waals surface area (Å²) >= 11 is 0. The zero-order chi connectivity index (χ0) is 17.3. The van der Waals surface area contributed by atoms with Crippen molar-refractivity contribution in [2.24, 2.45) is 0 Å². The average molecular weight is 327 g/mol. The molecule has 0 aliphatic rings. The van der Waals surface area contributed by atoms with Gasteiger partial charge in [-0.25, -0.2) is 4.79 Å². The van der Waals surface area contributed by atoms with E-state index in [0.29, 0.717) is 22.9 Å². The topological polar surface area (TPSA) is 98.2 Å². The third kappa shape index (κ3) is 3.34. The lowest BCUT2D eigenvalue weighted by atomic mass is 10.1. The largest absolute Gasteiger partial charge is 0.423 e. The minimum atomic E-state index is -0.475. The van der Waals surface area contributed by atoms with E-state index in [1.165, 1.54) is 6.07 Å². The summed E-state index contributed by atoms with van der Waals surface area (Å²) in [4.78, 5) is 28.1. The lowest BCUT2D eigenvalue weighted by Crippen LogP contribution is -2.28. The first-order valence-corrected chi connectivity index (χ1v) is 7.55. The molecule has 1 atom stereocenters. The van der Waals surface area contributed by atoms with Crippen molar-refractivity contribution in [3.8, 4) is 0 Å². The number of hydrogen-bond acceptors (Lipinski definition) is 6. The van der Waals surface area contributed by atoms with E-state index >= 15 is 0 Å². The summed E-state index contributed by atoms with van der Waals surface area (Å²) in [7, 11) is 0. The molecule has 0 bridgehead atoms. The van der Waals surface area contributed by atoms with E-state index in [4.69, 9.17) is 8.94 Å². The first-order valence-electron chi connectivity index (χ1n) is 7.55. The van der Waals surface area contributed by atoms with Gasteiger partial charge >= 0.3 is 5.63 Å². The Labute approximate surface area is 137 Å². The summed E-state index contributed by atoms with van der Waals surface area (Å²) < 4.78 is 10.2. The van der Waals surface area contributed by atoms with E-state index in [1.807, 2.05) is 19.1 Å². The molecule has 7 heteroatoms. The molecule has 7 nitrogen and oxygen atoms in total. The lowest BCUT2D eigenvalue weighted by molar-refractivity contribution is -0.121. The summed E-state index contributed by atoms with van der Waals surface area (Å²) in [5.41, 5.74) is 1.60. The highest BCUT2D eigenvalue weighted by molar-refractivity contribution is 5.87. The lowest BCUT2D eigenvalue weighted by Gasteiger charge is -2.10. The van der Waals surface area contributed by atoms with Gasteiger partial charge in [-0.15, -0.1) is 0 Å². The van der Waals surface area contributed by atoms with Gasteiger partial charge in [-0.1, -0.05) is 17.3 Å². The van der Waals surface area contributed by atoms with E-state index in [-0.39, 0.29) is 12.3 Å². The number of carbonyl (C=O) groups is 1. The smallest absolute Gasteiger partial charge is 0.336 e. The van der Waals surface area contributed by atoms with E-state index < -0.39 is 11.7 Å². The number of benzene rings is 1. The van der Waals surface area contributed by atoms with Crippen LogP contribution in [0, 0.1) is 13.8 Å². The molecule has 2 aromatic heterocycles. The molecule has 24 heavy (non-hydrogen) atoms. The first-order chi connectivity index (χ1) is 11.4. The molecule has 1 unspecified atom stereocenters. The molecule has 1 amide bonds. The molecular formula is C17H17N3O4. The highest BCUT2D eigenvalue weighted by Crippen LogP contribution is 2.19. The predicted octanol–water partition coefficient (Wildman–Crippen LogP) is 2.21. The number of rotatable bonds is 4. The van der Waals surface area contributed by atoms with Crippen molar-refractivity contribution in [2.75, 3.05) is 0 Å². The van der Waals surface area contributed by atoms with E-state index in [1.54, 1.807) is 19.9 Å². The zero-order valence-corrected chi connectivity index (χ0v) is 13.6. The third-order valence-electron chi connectivity index (χ3n) is 3.63. The van der Waals surface area contributed by atoms with Gasteiger partial charge in [0.05, 0.1) is 6.42 Å². The Morgan fingerprint density at radius 1 is 1.29 bits per heavy atom. The highest BCUT2D eigenvalue weighted by Gasteiger charge is 2.17. The van der Waals surface area contributed by atoms with Crippen molar-refractivity contribution >= 4 is 16.9 Å². The van der Waals surface area contributed by atoms with Crippen LogP contribution in [-0.2, 0) is 11.2 Å². The Morgan fingerprint density at radius 3 is 2.79 bits per heavy atom. The van der Waals surface area contributed by atoms with Gasteiger partial charge in [0.2, 0.25) is 11.8 Å². The van der Waals surface area contributed by atoms with Crippen LogP contribution in [0.4, 0.5) is 0 Å². The molecule has 0 aliphatic heterocycles. The number of carbonyl (C=O) groups excluding carboxylic acids is 1. The maximum Gasteiger partial charge on any atom is 0.336 e. The van der Waals surface area contributed by atoms with Crippen LogP contribution < -0.4 is 10.9 Å². The van der Waals surface area contributed by atoms with Gasteiger partial charge in [0.1, 0.15) is 11.6 Å². The molecule has 0 saturated carbocycles. The quantitative estimate of drug-likeness (QED) is 0.738. The molecule has 2 heterocycles. The van der Waals surface area contributed by atoms with Crippen LogP contribution in [0.2, 0.25) is 0 Å². The molecule has 0 aliphatic carbocycles. The van der Waals surface area contributed by atoms with E-state index in [2.05, 4.69) is 15.5 Å². The number of nitrogens with zero attached hydrogens (tertiary/aromatic N) is 2. The monoisotopic (exact) mass is 327 g/mol. The average Bonchev–Trinajstić information content (AvgIpc) is 2.93. The molecule has 1 aromatic carbocycles. The summed E-state index contributed by atoms with van der Waals surface area (Å²) in [6.07, 6.45) is 0.0582. The van der Waals surface area contributed by atoms with Gasteiger partial charge in [-0.2, -0.15) is 4.98 Å². The minimum Gasteiger partial charge on any atom is -0.423 e. The van der Waals surface area contributed by atoms with Crippen LogP contribution in [0.5, 0.6) is 0 Å². The minimum absolute atomic E-state index is 0.0582. The molecule has 0 radical (unpaired) electrons. The maximum atomic E-state index is 12.3. The SMILES string of the molecule is Cc1ccc2c(CC(=O)NC(C)c3nc(C)no3)cc(=O)oc2c1. The van der Waals surface area contributed by atoms with E-state index in [9.17, 15) is 9.59 Å². The normalized spacial score (nSPS) is 12.3. The maximum absolute atomic E-state index is 12.3. The number of fused-ring (bicyclic) bond motifs is 1. The van der Waals surface area contributed by atoms with E-state index in [0.717, 1.165) is 10.9 Å². The fraction of sp³-hybridized carbons (Fsp3) is 0.294. The Morgan fingerprint density at radius 2 is 2.08 bits per heavy atom. The van der Waals surface area contributed by atoms with Crippen molar-refractivity contribution in [1.82, 2.24) is 15.5 Å². The third-order valence-corrected chi connectivity index (χ3v) is 3.63. The second-order valence-electron chi connectivity index (χ2n) is 5.74. The van der Waals surface area contributed by atoms with Crippen molar-refractivity contribution in [3.05, 3.63) is 57.5 Å². The van der Waals surface area contributed by atoms with Crippen molar-refractivity contribution in [1.29, 1.82) is 0 Å². The summed E-state index contributed by atoms with van der Waals surface area (Å²) in [5, 5.41) is 7.23. The van der Waals surface area contributed by atoms with Gasteiger partial charge in [0, 0.05) is 11.5 Å². The fourth-order valence-electron chi connectivity index (χ4n) is 2.50. The molecule has 0 spiro atoms. The Kier molecular flexibility index (Phi) is 4.16. The number of hydrogen-bond donors (Lipinski definition) is 1. The van der Waals surface area contributed by atoms with Crippen LogP contribution in [0.3, 0.4) is 0 Å². The van der Waals surface area contributed by atoms with Crippen molar-refractivity contribution in [3.63, 3.8) is 0 Å². The fourth-order valence-corrected chi connectivity index (χ4v) is 2.50. The van der Waals surface area contributed by atoms with Gasteiger partial charge in [0.25, 0.3) is 0 Å². The molecule has 124 valence electrons. The van der Waals surface area contributed by atoms with Crippen LogP contribution in [0.1, 0.15) is 35.8 Å². The van der Waals surface area contributed by atoms with Gasteiger partial charge in [-0.05, 0) is 38.0 Å². The van der Waals surface area contributed by atoms with Crippen LogP contribution in [0.25, 0.3) is 11.0 Å². The Balaban J connectivity index is 1.81. The second-order valence-corrected chi connectivity index (χ2v) is 5.74. The summed E-state index contributed by atoms with van der Waals surface area (Å²) in [5.74, 6) is 0.605. The number of aromatic nitrogens is 2. The van der Waals surface area contributed by atoms with Gasteiger partial charge in [0.15, 0.2) is 5.82 Å². The van der Waals surface area contributed by atoms with Crippen molar-refractivity contribution < 1.29 is 13.7 Å². The number of amides is 1. The summed E-state index contributed by atoms with van der Waals surface area (Å²) in [6, 6.07) is 6.47. The second kappa shape index (κ2) is 6.27. The van der Waals surface area contributed by atoms with Crippen LogP contribution >= 0.6 is 0 Å². The molecule has 3 rings (SSSR count). The molecular weight excluding hydrogens is 310 g/mol. The standard InChI is InChI=1S/C17H17N3O4/c1-9-4-5-13-12(8-16(22)23-14(13)6-9)7-15(21)18-10(2)17-19-11(3)20-24-17/h4-6,8,10H,7H2,1-3H3,(H,18,21). The predicted molar refractivity (Wildman–Crippen MR) is 86.5 cm³/mol. The molecule has 3 aromatic rings. The van der Waals surface area contributed by atoms with Gasteiger partial charge in [-0.3, -0.25) is 4.79 Å². The highest BCUT2D eigenvalue weighted by atomic mass is 16.5. The molecule has 0 fully saturated rings. The van der Waals surface area contributed by atoms with Crippen LogP contribution in [-0.4, -0.2) is 16.0 Å².